The molecule has 0 aliphatic heterocycles. The first-order chi connectivity index (χ1) is 6.02. The number of hydrogen-bond donors (Lipinski definition) is 1. The summed E-state index contributed by atoms with van der Waals surface area (Å²) in [5.41, 5.74) is -1.12. The summed E-state index contributed by atoms with van der Waals surface area (Å²) in [6.07, 6.45) is -0.413. The Kier molecular flexibility index (Phi) is 3.00. The van der Waals surface area contributed by atoms with Crippen LogP contribution in [0, 0.1) is 5.82 Å². The Morgan fingerprint density at radius 2 is 2.23 bits per heavy atom. The molecule has 0 amide bonds. The van der Waals surface area contributed by atoms with E-state index >= 15 is 0 Å². The first-order valence-corrected chi connectivity index (χ1v) is 3.89. The molecule has 0 aliphatic rings. The van der Waals surface area contributed by atoms with Crippen molar-refractivity contribution in [1.82, 2.24) is 10.2 Å². The number of aromatic nitrogens is 2. The number of H-pyrrole nitrogens is 1. The molecule has 0 aromatic carbocycles. The van der Waals surface area contributed by atoms with Crippen molar-refractivity contribution >= 4 is 28.4 Å². The number of aromatic amines is 1. The summed E-state index contributed by atoms with van der Waals surface area (Å²) in [6.45, 7) is 0. The molecule has 1 aromatic heterocycles. The van der Waals surface area contributed by atoms with Gasteiger partial charge < -0.3 is 0 Å². The van der Waals surface area contributed by atoms with Crippen LogP contribution in [-0.4, -0.2) is 15.4 Å². The maximum atomic E-state index is 13.0. The molecule has 4 nitrogen and oxygen atoms in total. The molecular formula is C6H3Cl2FN2O2. The van der Waals surface area contributed by atoms with Crippen molar-refractivity contribution in [2.24, 2.45) is 0 Å². The van der Waals surface area contributed by atoms with Gasteiger partial charge in [-0.2, -0.15) is 5.10 Å². The number of carbonyl (C=O) groups is 1. The topological polar surface area (TPSA) is 62.8 Å². The molecule has 70 valence electrons. The first kappa shape index (κ1) is 10.1. The number of hydrogen-bond acceptors (Lipinski definition) is 3. The van der Waals surface area contributed by atoms with Crippen LogP contribution in [0.3, 0.4) is 0 Å². The van der Waals surface area contributed by atoms with Gasteiger partial charge in [0.2, 0.25) is 5.24 Å². The van der Waals surface area contributed by atoms with Crippen molar-refractivity contribution in [3.05, 3.63) is 26.9 Å². The van der Waals surface area contributed by atoms with Crippen LogP contribution >= 0.6 is 23.2 Å². The number of nitrogens with one attached hydrogen (secondary N) is 1. The summed E-state index contributed by atoms with van der Waals surface area (Å²) in [6, 6.07) is 0. The Morgan fingerprint density at radius 1 is 1.62 bits per heavy atom. The average Bonchev–Trinajstić information content (AvgIpc) is 2.06. The predicted octanol–water partition coefficient (Wildman–Crippen LogP) is 0.870. The van der Waals surface area contributed by atoms with Crippen LogP contribution in [0.25, 0.3) is 0 Å². The van der Waals surface area contributed by atoms with Gasteiger partial charge in [0, 0.05) is 0 Å². The molecular weight excluding hydrogens is 222 g/mol. The maximum Gasteiger partial charge on any atom is 0.285 e. The Morgan fingerprint density at radius 3 is 2.77 bits per heavy atom. The van der Waals surface area contributed by atoms with Gasteiger partial charge >= 0.3 is 0 Å². The highest BCUT2D eigenvalue weighted by Gasteiger charge is 2.13. The monoisotopic (exact) mass is 224 g/mol. The fraction of sp³-hybridized carbons (Fsp3) is 0.167. The zero-order chi connectivity index (χ0) is 10.0. The van der Waals surface area contributed by atoms with E-state index in [9.17, 15) is 14.0 Å². The minimum Gasteiger partial charge on any atom is -0.281 e. The number of rotatable bonds is 2. The highest BCUT2D eigenvalue weighted by molar-refractivity contribution is 6.63. The van der Waals surface area contributed by atoms with Crippen molar-refractivity contribution in [2.75, 3.05) is 0 Å². The van der Waals surface area contributed by atoms with E-state index in [2.05, 4.69) is 5.10 Å². The molecule has 0 fully saturated rings. The van der Waals surface area contributed by atoms with Gasteiger partial charge in [-0.05, 0) is 11.6 Å². The molecule has 0 saturated heterocycles. The summed E-state index contributed by atoms with van der Waals surface area (Å²) in [5, 5.41) is 3.80. The molecule has 1 heterocycles. The van der Waals surface area contributed by atoms with Gasteiger partial charge in [-0.1, -0.05) is 11.6 Å². The molecule has 1 rings (SSSR count). The zero-order valence-electron chi connectivity index (χ0n) is 6.10. The van der Waals surface area contributed by atoms with Gasteiger partial charge in [0.25, 0.3) is 5.56 Å². The van der Waals surface area contributed by atoms with E-state index < -0.39 is 28.1 Å². The molecule has 0 aliphatic carbocycles. The van der Waals surface area contributed by atoms with Crippen LogP contribution in [0.5, 0.6) is 0 Å². The second kappa shape index (κ2) is 3.85. The normalized spacial score (nSPS) is 10.1. The van der Waals surface area contributed by atoms with Crippen LogP contribution in [0.15, 0.2) is 4.79 Å². The van der Waals surface area contributed by atoms with Crippen LogP contribution in [0.1, 0.15) is 5.69 Å². The molecule has 0 spiro atoms. The minimum absolute atomic E-state index is 0.274. The van der Waals surface area contributed by atoms with Crippen molar-refractivity contribution in [3.8, 4) is 0 Å². The molecule has 0 saturated carbocycles. The van der Waals surface area contributed by atoms with Gasteiger partial charge in [0.05, 0.1) is 6.42 Å². The van der Waals surface area contributed by atoms with Crippen molar-refractivity contribution in [1.29, 1.82) is 0 Å². The SMILES string of the molecule is O=C(Cl)Cc1n[nH]c(=O)c(Cl)c1F. The van der Waals surface area contributed by atoms with Crippen LogP contribution < -0.4 is 5.56 Å². The van der Waals surface area contributed by atoms with Crippen molar-refractivity contribution < 1.29 is 9.18 Å². The van der Waals surface area contributed by atoms with E-state index in [4.69, 9.17) is 23.2 Å². The van der Waals surface area contributed by atoms with Gasteiger partial charge in [0.15, 0.2) is 5.82 Å². The highest BCUT2D eigenvalue weighted by Crippen LogP contribution is 2.11. The smallest absolute Gasteiger partial charge is 0.281 e. The third-order valence-corrected chi connectivity index (χ3v) is 1.72. The van der Waals surface area contributed by atoms with E-state index in [1.54, 1.807) is 0 Å². The lowest BCUT2D eigenvalue weighted by atomic mass is 10.3. The van der Waals surface area contributed by atoms with Gasteiger partial charge in [0.1, 0.15) is 10.7 Å². The van der Waals surface area contributed by atoms with Crippen molar-refractivity contribution in [2.45, 2.75) is 6.42 Å². The molecule has 7 heteroatoms. The molecule has 0 atom stereocenters. The number of nitrogens with zero attached hydrogens (tertiary/aromatic N) is 1. The second-order valence-corrected chi connectivity index (χ2v) is 2.96. The van der Waals surface area contributed by atoms with E-state index in [1.807, 2.05) is 5.10 Å². The molecule has 0 radical (unpaired) electrons. The van der Waals surface area contributed by atoms with Gasteiger partial charge in [-0.15, -0.1) is 0 Å². The average molecular weight is 225 g/mol. The summed E-state index contributed by atoms with van der Waals surface area (Å²) >= 11 is 10.2. The first-order valence-electron chi connectivity index (χ1n) is 3.13. The summed E-state index contributed by atoms with van der Waals surface area (Å²) in [5.74, 6) is -1.01. The number of carbonyl (C=O) groups excluding carboxylic acids is 1. The molecule has 1 aromatic rings. The standard InChI is InChI=1S/C6H3Cl2FN2O2/c7-3(12)1-2-5(9)4(8)6(13)11-10-2/h1H2,(H,11,13). The summed E-state index contributed by atoms with van der Waals surface area (Å²) in [4.78, 5) is 21.1. The van der Waals surface area contributed by atoms with Crippen LogP contribution in [0.2, 0.25) is 5.02 Å². The third kappa shape index (κ3) is 2.26. The third-order valence-electron chi connectivity index (χ3n) is 1.24. The van der Waals surface area contributed by atoms with E-state index in [1.165, 1.54) is 0 Å². The van der Waals surface area contributed by atoms with E-state index in [-0.39, 0.29) is 5.69 Å². The quantitative estimate of drug-likeness (QED) is 0.759. The lowest BCUT2D eigenvalue weighted by Gasteiger charge is -1.98. The Bertz CT molecular complexity index is 404. The minimum atomic E-state index is -1.01. The maximum absolute atomic E-state index is 13.0. The Hall–Kier alpha value is -0.940. The Balaban J connectivity index is 3.18. The highest BCUT2D eigenvalue weighted by atomic mass is 35.5. The lowest BCUT2D eigenvalue weighted by molar-refractivity contribution is -0.111. The van der Waals surface area contributed by atoms with Gasteiger partial charge in [-0.3, -0.25) is 9.59 Å². The van der Waals surface area contributed by atoms with Crippen LogP contribution in [-0.2, 0) is 11.2 Å². The zero-order valence-corrected chi connectivity index (χ0v) is 7.62. The lowest BCUT2D eigenvalue weighted by Crippen LogP contribution is -2.15. The predicted molar refractivity (Wildman–Crippen MR) is 44.4 cm³/mol. The van der Waals surface area contributed by atoms with E-state index in [0.717, 1.165) is 0 Å². The molecule has 0 unspecified atom stereocenters. The van der Waals surface area contributed by atoms with Crippen molar-refractivity contribution in [3.63, 3.8) is 0 Å². The van der Waals surface area contributed by atoms with Crippen LogP contribution in [0.4, 0.5) is 4.39 Å². The fourth-order valence-corrected chi connectivity index (χ4v) is 0.969. The number of halogens is 3. The summed E-state index contributed by atoms with van der Waals surface area (Å²) < 4.78 is 13.0. The molecule has 0 bridgehead atoms. The molecule has 1 N–H and O–H groups in total. The van der Waals surface area contributed by atoms with Gasteiger partial charge in [-0.25, -0.2) is 9.49 Å². The largest absolute Gasteiger partial charge is 0.285 e. The fourth-order valence-electron chi connectivity index (χ4n) is 0.692. The Labute approximate surface area is 81.7 Å². The van der Waals surface area contributed by atoms with E-state index in [0.29, 0.717) is 0 Å². The summed E-state index contributed by atoms with van der Waals surface area (Å²) in [7, 11) is 0. The molecule has 13 heavy (non-hydrogen) atoms. The second-order valence-electron chi connectivity index (χ2n) is 2.16.